The van der Waals surface area contributed by atoms with E-state index in [2.05, 4.69) is 10.2 Å². The lowest BCUT2D eigenvalue weighted by molar-refractivity contribution is -0.140. The molecule has 0 atom stereocenters. The molecule has 4 nitrogen and oxygen atoms in total. The second-order valence-corrected chi connectivity index (χ2v) is 7.47. The Morgan fingerprint density at radius 2 is 1.72 bits per heavy atom. The molecule has 0 amide bonds. The first-order valence-electron chi connectivity index (χ1n) is 9.53. The van der Waals surface area contributed by atoms with Crippen LogP contribution in [0.4, 0.5) is 23.5 Å². The minimum absolute atomic E-state index is 0.182. The van der Waals surface area contributed by atoms with Gasteiger partial charge in [-0.05, 0) is 54.8 Å². The Balaban J connectivity index is 1.82. The van der Waals surface area contributed by atoms with Crippen LogP contribution in [0.3, 0.4) is 0 Å². The molecule has 1 fully saturated rings. The first kappa shape index (κ1) is 19.7. The van der Waals surface area contributed by atoms with E-state index in [4.69, 9.17) is 4.98 Å². The van der Waals surface area contributed by atoms with Crippen molar-refractivity contribution >= 4 is 17.0 Å². The predicted octanol–water partition coefficient (Wildman–Crippen LogP) is 4.27. The van der Waals surface area contributed by atoms with E-state index in [0.717, 1.165) is 66.4 Å². The van der Waals surface area contributed by atoms with Crippen LogP contribution >= 0.6 is 0 Å². The largest absolute Gasteiger partial charge is 0.419 e. The molecule has 154 valence electrons. The van der Waals surface area contributed by atoms with Gasteiger partial charge in [-0.1, -0.05) is 6.07 Å². The summed E-state index contributed by atoms with van der Waals surface area (Å²) in [5.74, 6) is -0.532. The number of benzene rings is 2. The molecule has 1 aliphatic heterocycles. The van der Waals surface area contributed by atoms with Gasteiger partial charge in [-0.2, -0.15) is 13.2 Å². The highest BCUT2D eigenvalue weighted by Gasteiger charge is 2.34. The Labute approximate surface area is 166 Å². The van der Waals surface area contributed by atoms with Crippen LogP contribution < -0.4 is 10.2 Å². The average molecular weight is 406 g/mol. The number of imidazole rings is 1. The van der Waals surface area contributed by atoms with Crippen molar-refractivity contribution in [1.29, 1.82) is 0 Å². The molecule has 0 unspecified atom stereocenters. The maximum atomic E-state index is 13.7. The summed E-state index contributed by atoms with van der Waals surface area (Å²) in [6.45, 7) is 7.34. The maximum absolute atomic E-state index is 13.7. The molecular weight excluding hydrogens is 384 g/mol. The quantitative estimate of drug-likeness (QED) is 0.660. The third-order valence-electron chi connectivity index (χ3n) is 5.42. The first-order chi connectivity index (χ1) is 13.7. The van der Waals surface area contributed by atoms with E-state index >= 15 is 0 Å². The van der Waals surface area contributed by atoms with Crippen molar-refractivity contribution in [2.75, 3.05) is 31.1 Å². The fraction of sp³-hybridized carbons (Fsp3) is 0.381. The summed E-state index contributed by atoms with van der Waals surface area (Å²) in [4.78, 5) is 6.92. The SMILES string of the molecule is Cc1cc2nc(N3CCNCC3)n(Cc3ccc(F)c(C(F)(F)F)c3)c2cc1C. The molecule has 1 aromatic heterocycles. The van der Waals surface area contributed by atoms with Crippen molar-refractivity contribution < 1.29 is 17.6 Å². The summed E-state index contributed by atoms with van der Waals surface area (Å²) < 4.78 is 55.1. The summed E-state index contributed by atoms with van der Waals surface area (Å²) in [7, 11) is 0. The zero-order valence-corrected chi connectivity index (χ0v) is 16.3. The fourth-order valence-electron chi connectivity index (χ4n) is 3.70. The first-order valence-corrected chi connectivity index (χ1v) is 9.53. The molecule has 0 saturated carbocycles. The van der Waals surface area contributed by atoms with E-state index in [1.54, 1.807) is 0 Å². The van der Waals surface area contributed by atoms with Crippen LogP contribution in [0.2, 0.25) is 0 Å². The molecule has 0 bridgehead atoms. The molecule has 29 heavy (non-hydrogen) atoms. The zero-order chi connectivity index (χ0) is 20.8. The molecule has 0 spiro atoms. The lowest BCUT2D eigenvalue weighted by atomic mass is 10.1. The van der Waals surface area contributed by atoms with Crippen molar-refractivity contribution in [3.63, 3.8) is 0 Å². The van der Waals surface area contributed by atoms with Gasteiger partial charge in [0.05, 0.1) is 23.1 Å². The Morgan fingerprint density at radius 1 is 1.03 bits per heavy atom. The lowest BCUT2D eigenvalue weighted by Crippen LogP contribution is -2.44. The Kier molecular flexibility index (Phi) is 4.98. The van der Waals surface area contributed by atoms with E-state index in [1.807, 2.05) is 30.5 Å². The van der Waals surface area contributed by atoms with Crippen LogP contribution in [0, 0.1) is 19.7 Å². The summed E-state index contributed by atoms with van der Waals surface area (Å²) in [6, 6.07) is 7.19. The molecule has 1 saturated heterocycles. The molecular formula is C21H22F4N4. The number of hydrogen-bond donors (Lipinski definition) is 1. The predicted molar refractivity (Wildman–Crippen MR) is 105 cm³/mol. The monoisotopic (exact) mass is 406 g/mol. The van der Waals surface area contributed by atoms with Crippen LogP contribution in [-0.2, 0) is 12.7 Å². The lowest BCUT2D eigenvalue weighted by Gasteiger charge is -2.29. The number of aromatic nitrogens is 2. The topological polar surface area (TPSA) is 33.1 Å². The molecule has 4 rings (SSSR count). The van der Waals surface area contributed by atoms with E-state index in [9.17, 15) is 17.6 Å². The number of nitrogens with one attached hydrogen (secondary N) is 1. The summed E-state index contributed by atoms with van der Waals surface area (Å²) >= 11 is 0. The number of rotatable bonds is 3. The Hall–Kier alpha value is -2.61. The van der Waals surface area contributed by atoms with Gasteiger partial charge < -0.3 is 14.8 Å². The number of alkyl halides is 3. The number of aryl methyl sites for hydroxylation is 2. The summed E-state index contributed by atoms with van der Waals surface area (Å²) in [6.07, 6.45) is -4.73. The van der Waals surface area contributed by atoms with Gasteiger partial charge in [0.25, 0.3) is 0 Å². The highest BCUT2D eigenvalue weighted by molar-refractivity contribution is 5.81. The standard InChI is InChI=1S/C21H22F4N4/c1-13-9-18-19(10-14(13)2)29(20(27-18)28-7-5-26-6-8-28)12-15-3-4-17(22)16(11-15)21(23,24)25/h3-4,9-11,26H,5-8,12H2,1-2H3. The van der Waals surface area contributed by atoms with Crippen molar-refractivity contribution in [3.8, 4) is 0 Å². The summed E-state index contributed by atoms with van der Waals surface area (Å²) in [5, 5.41) is 3.29. The molecule has 8 heteroatoms. The van der Waals surface area contributed by atoms with E-state index in [0.29, 0.717) is 5.56 Å². The fourth-order valence-corrected chi connectivity index (χ4v) is 3.70. The van der Waals surface area contributed by atoms with Crippen molar-refractivity contribution in [3.05, 3.63) is 58.4 Å². The van der Waals surface area contributed by atoms with Crippen LogP contribution in [0.5, 0.6) is 0 Å². The summed E-state index contributed by atoms with van der Waals surface area (Å²) in [5.41, 5.74) is 3.00. The van der Waals surface area contributed by atoms with Gasteiger partial charge in [0, 0.05) is 26.2 Å². The molecule has 2 aromatic carbocycles. The third-order valence-corrected chi connectivity index (χ3v) is 5.42. The molecule has 1 aliphatic rings. The van der Waals surface area contributed by atoms with Gasteiger partial charge in [0.1, 0.15) is 5.82 Å². The van der Waals surface area contributed by atoms with Gasteiger partial charge >= 0.3 is 6.18 Å². The number of fused-ring (bicyclic) bond motifs is 1. The second-order valence-electron chi connectivity index (χ2n) is 7.47. The molecule has 0 aliphatic carbocycles. The Bertz CT molecular complexity index is 1050. The molecule has 1 N–H and O–H groups in total. The average Bonchev–Trinajstić information content (AvgIpc) is 3.01. The van der Waals surface area contributed by atoms with Gasteiger partial charge in [-0.25, -0.2) is 9.37 Å². The minimum atomic E-state index is -4.73. The molecule has 3 aromatic rings. The van der Waals surface area contributed by atoms with Crippen molar-refractivity contribution in [2.24, 2.45) is 0 Å². The van der Waals surface area contributed by atoms with Gasteiger partial charge in [0.2, 0.25) is 5.95 Å². The van der Waals surface area contributed by atoms with E-state index in [-0.39, 0.29) is 6.54 Å². The second kappa shape index (κ2) is 7.33. The van der Waals surface area contributed by atoms with Crippen molar-refractivity contribution in [1.82, 2.24) is 14.9 Å². The van der Waals surface area contributed by atoms with Crippen molar-refractivity contribution in [2.45, 2.75) is 26.6 Å². The van der Waals surface area contributed by atoms with E-state index in [1.165, 1.54) is 6.07 Å². The van der Waals surface area contributed by atoms with Crippen LogP contribution in [0.25, 0.3) is 11.0 Å². The van der Waals surface area contributed by atoms with Crippen LogP contribution in [0.15, 0.2) is 30.3 Å². The minimum Gasteiger partial charge on any atom is -0.340 e. The molecule has 2 heterocycles. The molecule has 0 radical (unpaired) electrons. The van der Waals surface area contributed by atoms with Gasteiger partial charge in [-0.3, -0.25) is 0 Å². The van der Waals surface area contributed by atoms with Crippen LogP contribution in [-0.4, -0.2) is 35.7 Å². The van der Waals surface area contributed by atoms with Gasteiger partial charge in [0.15, 0.2) is 0 Å². The normalized spacial score (nSPS) is 15.3. The number of piperazine rings is 1. The Morgan fingerprint density at radius 3 is 2.41 bits per heavy atom. The highest BCUT2D eigenvalue weighted by atomic mass is 19.4. The highest BCUT2D eigenvalue weighted by Crippen LogP contribution is 2.33. The smallest absolute Gasteiger partial charge is 0.340 e. The number of nitrogens with zero attached hydrogens (tertiary/aromatic N) is 3. The van der Waals surface area contributed by atoms with E-state index < -0.39 is 17.6 Å². The van der Waals surface area contributed by atoms with Crippen LogP contribution in [0.1, 0.15) is 22.3 Å². The number of hydrogen-bond acceptors (Lipinski definition) is 3. The van der Waals surface area contributed by atoms with Gasteiger partial charge in [-0.15, -0.1) is 0 Å². The maximum Gasteiger partial charge on any atom is 0.419 e. The number of anilines is 1. The third kappa shape index (κ3) is 3.81. The zero-order valence-electron chi connectivity index (χ0n) is 16.3. The number of halogens is 4.